The Morgan fingerprint density at radius 2 is 1.93 bits per heavy atom. The monoisotopic (exact) mass is 453 g/mol. The van der Waals surface area contributed by atoms with Gasteiger partial charge in [0.15, 0.2) is 0 Å². The molecule has 30 heavy (non-hydrogen) atoms. The van der Waals surface area contributed by atoms with Gasteiger partial charge in [-0.3, -0.25) is 4.79 Å². The van der Waals surface area contributed by atoms with Crippen molar-refractivity contribution in [3.63, 3.8) is 0 Å². The Morgan fingerprint density at radius 1 is 1.20 bits per heavy atom. The second kappa shape index (κ2) is 10.5. The van der Waals surface area contributed by atoms with E-state index in [9.17, 15) is 17.6 Å². The molecule has 1 aliphatic carbocycles. The second-order valence-corrected chi connectivity index (χ2v) is 10.6. The van der Waals surface area contributed by atoms with Crippen molar-refractivity contribution in [2.45, 2.75) is 62.3 Å². The van der Waals surface area contributed by atoms with Gasteiger partial charge in [-0.2, -0.15) is 0 Å². The van der Waals surface area contributed by atoms with E-state index in [0.717, 1.165) is 53.5 Å². The molecular weight excluding hydrogens is 425 g/mol. The van der Waals surface area contributed by atoms with E-state index in [4.69, 9.17) is 0 Å². The Balaban J connectivity index is 1.68. The molecular formula is C22H28FNO4S2. The molecule has 0 amide bonds. The van der Waals surface area contributed by atoms with Gasteiger partial charge in [0.1, 0.15) is 5.82 Å². The number of hydrogen-bond acceptors (Lipinski definition) is 5. The summed E-state index contributed by atoms with van der Waals surface area (Å²) in [6.07, 6.45) is 7.15. The topological polar surface area (TPSA) is 72.5 Å². The van der Waals surface area contributed by atoms with Crippen LogP contribution >= 0.6 is 11.3 Å². The molecule has 0 spiro atoms. The highest BCUT2D eigenvalue weighted by atomic mass is 32.2. The molecule has 1 unspecified atom stereocenters. The zero-order valence-corrected chi connectivity index (χ0v) is 18.7. The van der Waals surface area contributed by atoms with Gasteiger partial charge in [0.05, 0.1) is 18.0 Å². The zero-order chi connectivity index (χ0) is 21.6. The van der Waals surface area contributed by atoms with Crippen LogP contribution in [0.5, 0.6) is 0 Å². The normalized spacial score (nSPS) is 15.1. The number of hydrogen-bond donors (Lipinski definition) is 1. The van der Waals surface area contributed by atoms with E-state index in [1.54, 1.807) is 11.3 Å². The lowest BCUT2D eigenvalue weighted by atomic mass is 10.1. The van der Waals surface area contributed by atoms with Gasteiger partial charge in [-0.25, -0.2) is 17.5 Å². The third kappa shape index (κ3) is 6.89. The molecule has 1 fully saturated rings. The van der Waals surface area contributed by atoms with Crippen molar-refractivity contribution in [3.05, 3.63) is 52.0 Å². The molecule has 0 bridgehead atoms. The summed E-state index contributed by atoms with van der Waals surface area (Å²) >= 11 is 1.57. The molecule has 1 N–H and O–H groups in total. The van der Waals surface area contributed by atoms with Crippen LogP contribution in [0.25, 0.3) is 0 Å². The average molecular weight is 454 g/mol. The minimum Gasteiger partial charge on any atom is -0.469 e. The first kappa shape index (κ1) is 22.9. The Morgan fingerprint density at radius 3 is 2.60 bits per heavy atom. The number of ether oxygens (including phenoxy) is 1. The van der Waals surface area contributed by atoms with Crippen molar-refractivity contribution in [3.8, 4) is 0 Å². The minimum atomic E-state index is -3.75. The molecule has 2 aromatic rings. The van der Waals surface area contributed by atoms with Crippen LogP contribution in [0, 0.1) is 11.7 Å². The molecule has 1 heterocycles. The number of carbonyl (C=O) groups is 1. The third-order valence-electron chi connectivity index (χ3n) is 5.28. The fourth-order valence-corrected chi connectivity index (χ4v) is 5.84. The van der Waals surface area contributed by atoms with E-state index in [0.29, 0.717) is 12.8 Å². The number of rotatable bonds is 12. The van der Waals surface area contributed by atoms with Gasteiger partial charge < -0.3 is 4.74 Å². The number of esters is 1. The predicted molar refractivity (Wildman–Crippen MR) is 115 cm³/mol. The molecule has 0 radical (unpaired) electrons. The summed E-state index contributed by atoms with van der Waals surface area (Å²) in [5, 5.41) is 0. The average Bonchev–Trinajstić information content (AvgIpc) is 3.42. The summed E-state index contributed by atoms with van der Waals surface area (Å²) in [6, 6.07) is 8.52. The Kier molecular flexibility index (Phi) is 8.02. The SMILES string of the molecule is COC(=O)CCCc1ccc(C(CCCC2CC2)NS(=O)(=O)c2ccc(F)cc2)s1. The van der Waals surface area contributed by atoms with Crippen LogP contribution in [-0.2, 0) is 26.0 Å². The number of sulfonamides is 1. The molecule has 0 aliphatic heterocycles. The van der Waals surface area contributed by atoms with Crippen molar-refractivity contribution in [2.24, 2.45) is 5.92 Å². The summed E-state index contributed by atoms with van der Waals surface area (Å²) < 4.78 is 46.4. The number of carbonyl (C=O) groups excluding carboxylic acids is 1. The highest BCUT2D eigenvalue weighted by molar-refractivity contribution is 7.89. The molecule has 5 nitrogen and oxygen atoms in total. The largest absolute Gasteiger partial charge is 0.469 e. The summed E-state index contributed by atoms with van der Waals surface area (Å²) in [6.45, 7) is 0. The highest BCUT2D eigenvalue weighted by Gasteiger charge is 2.25. The fraction of sp³-hybridized carbons (Fsp3) is 0.500. The first-order chi connectivity index (χ1) is 14.4. The fourth-order valence-electron chi connectivity index (χ4n) is 3.37. The van der Waals surface area contributed by atoms with E-state index in [1.807, 2.05) is 12.1 Å². The van der Waals surface area contributed by atoms with E-state index in [-0.39, 0.29) is 16.9 Å². The maximum atomic E-state index is 13.2. The Labute approximate surface area is 181 Å². The lowest BCUT2D eigenvalue weighted by molar-refractivity contribution is -0.140. The molecule has 1 aromatic carbocycles. The molecule has 1 aromatic heterocycles. The van der Waals surface area contributed by atoms with Crippen molar-refractivity contribution < 1.29 is 22.3 Å². The summed E-state index contributed by atoms with van der Waals surface area (Å²) in [4.78, 5) is 13.4. The Bertz CT molecular complexity index is 936. The molecule has 1 atom stereocenters. The lowest BCUT2D eigenvalue weighted by Gasteiger charge is -2.18. The van der Waals surface area contributed by atoms with Gasteiger partial charge in [0, 0.05) is 16.2 Å². The van der Waals surface area contributed by atoms with Gasteiger partial charge in [-0.05, 0) is 61.6 Å². The summed E-state index contributed by atoms with van der Waals surface area (Å²) in [5.41, 5.74) is 0. The third-order valence-corrected chi connectivity index (χ3v) is 8.03. The first-order valence-corrected chi connectivity index (χ1v) is 12.6. The van der Waals surface area contributed by atoms with E-state index in [2.05, 4.69) is 9.46 Å². The minimum absolute atomic E-state index is 0.0611. The molecule has 1 aliphatic rings. The maximum Gasteiger partial charge on any atom is 0.305 e. The number of nitrogens with one attached hydrogen (secondary N) is 1. The molecule has 1 saturated carbocycles. The van der Waals surface area contributed by atoms with Gasteiger partial charge in [0.2, 0.25) is 10.0 Å². The van der Waals surface area contributed by atoms with Gasteiger partial charge in [0.25, 0.3) is 0 Å². The number of benzene rings is 1. The molecule has 8 heteroatoms. The van der Waals surface area contributed by atoms with E-state index >= 15 is 0 Å². The van der Waals surface area contributed by atoms with Crippen molar-refractivity contribution in [1.82, 2.24) is 4.72 Å². The van der Waals surface area contributed by atoms with Gasteiger partial charge in [-0.15, -0.1) is 11.3 Å². The quantitative estimate of drug-likeness (QED) is 0.460. The van der Waals surface area contributed by atoms with Crippen LogP contribution in [0.2, 0.25) is 0 Å². The standard InChI is InChI=1S/C22H28FNO4S2/c1-28-22(25)7-3-5-18-12-15-21(29-18)20(6-2-4-16-8-9-16)24-30(26,27)19-13-10-17(23)11-14-19/h10-16,20,24H,2-9H2,1H3. The van der Waals surface area contributed by atoms with Crippen LogP contribution in [0.15, 0.2) is 41.3 Å². The van der Waals surface area contributed by atoms with Crippen LogP contribution in [-0.4, -0.2) is 21.5 Å². The van der Waals surface area contributed by atoms with E-state index < -0.39 is 15.8 Å². The summed E-state index contributed by atoms with van der Waals surface area (Å²) in [5.74, 6) is 0.0955. The van der Waals surface area contributed by atoms with Crippen molar-refractivity contribution in [1.29, 1.82) is 0 Å². The Hall–Kier alpha value is -1.77. The van der Waals surface area contributed by atoms with Gasteiger partial charge >= 0.3 is 5.97 Å². The molecule has 164 valence electrons. The number of methoxy groups -OCH3 is 1. The molecule has 0 saturated heterocycles. The van der Waals surface area contributed by atoms with Crippen LogP contribution in [0.4, 0.5) is 4.39 Å². The van der Waals surface area contributed by atoms with Crippen LogP contribution < -0.4 is 4.72 Å². The number of thiophene rings is 1. The van der Waals surface area contributed by atoms with Crippen molar-refractivity contribution >= 4 is 27.3 Å². The smallest absolute Gasteiger partial charge is 0.305 e. The van der Waals surface area contributed by atoms with Crippen molar-refractivity contribution in [2.75, 3.05) is 7.11 Å². The number of halogens is 1. The first-order valence-electron chi connectivity index (χ1n) is 10.3. The zero-order valence-electron chi connectivity index (χ0n) is 17.1. The summed E-state index contributed by atoms with van der Waals surface area (Å²) in [7, 11) is -2.37. The maximum absolute atomic E-state index is 13.2. The van der Waals surface area contributed by atoms with Crippen LogP contribution in [0.3, 0.4) is 0 Å². The van der Waals surface area contributed by atoms with Crippen LogP contribution in [0.1, 0.15) is 60.7 Å². The van der Waals surface area contributed by atoms with Gasteiger partial charge in [-0.1, -0.05) is 25.7 Å². The number of aryl methyl sites for hydroxylation is 1. The lowest BCUT2D eigenvalue weighted by Crippen LogP contribution is -2.28. The highest BCUT2D eigenvalue weighted by Crippen LogP contribution is 2.36. The molecule has 3 rings (SSSR count). The second-order valence-electron chi connectivity index (χ2n) is 7.74. The van der Waals surface area contributed by atoms with E-state index in [1.165, 1.54) is 32.1 Å². The predicted octanol–water partition coefficient (Wildman–Crippen LogP) is 4.98.